The van der Waals surface area contributed by atoms with Crippen molar-refractivity contribution in [1.82, 2.24) is 4.98 Å². The van der Waals surface area contributed by atoms with Crippen LogP contribution in [0.25, 0.3) is 0 Å². The second-order valence-corrected chi connectivity index (χ2v) is 3.11. The minimum Gasteiger partial charge on any atom is -0.474 e. The molecule has 0 aromatic carbocycles. The summed E-state index contributed by atoms with van der Waals surface area (Å²) in [5.74, 6) is -0.159. The average molecular weight is 199 g/mol. The molecule has 1 heterocycles. The van der Waals surface area contributed by atoms with Gasteiger partial charge in [-0.05, 0) is 19.4 Å². The van der Waals surface area contributed by atoms with E-state index in [1.54, 1.807) is 0 Å². The van der Waals surface area contributed by atoms with Gasteiger partial charge in [0.25, 0.3) is 0 Å². The molecule has 3 nitrogen and oxygen atoms in total. The average Bonchev–Trinajstić information content (AvgIpc) is 2.20. The Labute approximate surface area is 82.5 Å². The smallest absolute Gasteiger partial charge is 0.219 e. The number of halogens is 1. The van der Waals surface area contributed by atoms with Crippen molar-refractivity contribution >= 4 is 0 Å². The van der Waals surface area contributed by atoms with E-state index in [0.717, 1.165) is 12.6 Å². The highest BCUT2D eigenvalue weighted by Gasteiger charge is 2.08. The van der Waals surface area contributed by atoms with Gasteiger partial charge in [-0.15, -0.1) is 0 Å². The first kappa shape index (κ1) is 10.9. The highest BCUT2D eigenvalue weighted by Crippen LogP contribution is 2.17. The van der Waals surface area contributed by atoms with E-state index in [1.165, 1.54) is 6.07 Å². The van der Waals surface area contributed by atoms with Gasteiger partial charge in [-0.2, -0.15) is 0 Å². The molecule has 1 unspecified atom stereocenters. The molecule has 1 aromatic heterocycles. The molecule has 0 amide bonds. The maximum atomic E-state index is 12.7. The van der Waals surface area contributed by atoms with Crippen molar-refractivity contribution in [3.8, 4) is 5.88 Å². The molecule has 0 bridgehead atoms. The number of hydrogen-bond acceptors (Lipinski definition) is 3. The Kier molecular flexibility index (Phi) is 3.83. The molecule has 1 N–H and O–H groups in total. The van der Waals surface area contributed by atoms with E-state index in [9.17, 15) is 4.39 Å². The van der Waals surface area contributed by atoms with Crippen molar-refractivity contribution in [3.05, 3.63) is 23.6 Å². The van der Waals surface area contributed by atoms with E-state index in [2.05, 4.69) is 4.98 Å². The standard InChI is InChI=1S/C10H14FNO2/c1-3-7(2)14-10-8(6-13)4-9(11)5-12-10/h4-5,7,13H,3,6H2,1-2H3. The highest BCUT2D eigenvalue weighted by atomic mass is 19.1. The summed E-state index contributed by atoms with van der Waals surface area (Å²) >= 11 is 0. The monoisotopic (exact) mass is 199 g/mol. The molecule has 0 aliphatic rings. The van der Waals surface area contributed by atoms with E-state index >= 15 is 0 Å². The molecule has 0 radical (unpaired) electrons. The molecule has 0 aliphatic carbocycles. The maximum absolute atomic E-state index is 12.7. The van der Waals surface area contributed by atoms with Gasteiger partial charge >= 0.3 is 0 Å². The molecule has 1 rings (SSSR count). The van der Waals surface area contributed by atoms with Crippen LogP contribution in [0.5, 0.6) is 5.88 Å². The number of pyridine rings is 1. The molecule has 4 heteroatoms. The van der Waals surface area contributed by atoms with Crippen LogP contribution >= 0.6 is 0 Å². The zero-order valence-electron chi connectivity index (χ0n) is 8.33. The van der Waals surface area contributed by atoms with Crippen molar-refractivity contribution in [2.45, 2.75) is 33.0 Å². The first-order valence-electron chi connectivity index (χ1n) is 4.59. The second-order valence-electron chi connectivity index (χ2n) is 3.11. The molecule has 0 saturated carbocycles. The number of aromatic nitrogens is 1. The zero-order valence-corrected chi connectivity index (χ0v) is 8.33. The van der Waals surface area contributed by atoms with Crippen LogP contribution in [0, 0.1) is 5.82 Å². The minimum absolute atomic E-state index is 0.0123. The Morgan fingerprint density at radius 1 is 1.64 bits per heavy atom. The molecular weight excluding hydrogens is 185 g/mol. The Hall–Kier alpha value is -1.16. The lowest BCUT2D eigenvalue weighted by molar-refractivity contribution is 0.196. The predicted molar refractivity (Wildman–Crippen MR) is 50.5 cm³/mol. The summed E-state index contributed by atoms with van der Waals surface area (Å²) in [6.45, 7) is 3.61. The molecule has 1 atom stereocenters. The van der Waals surface area contributed by atoms with Gasteiger partial charge in [0, 0.05) is 5.56 Å². The largest absolute Gasteiger partial charge is 0.474 e. The van der Waals surface area contributed by atoms with Gasteiger partial charge < -0.3 is 9.84 Å². The zero-order chi connectivity index (χ0) is 10.6. The summed E-state index contributed by atoms with van der Waals surface area (Å²) in [5, 5.41) is 8.94. The fourth-order valence-corrected chi connectivity index (χ4v) is 0.962. The van der Waals surface area contributed by atoms with Crippen LogP contribution in [0.3, 0.4) is 0 Å². The van der Waals surface area contributed by atoms with Crippen LogP contribution in [0.15, 0.2) is 12.3 Å². The molecule has 0 saturated heterocycles. The van der Waals surface area contributed by atoms with Crippen molar-refractivity contribution in [3.63, 3.8) is 0 Å². The fraction of sp³-hybridized carbons (Fsp3) is 0.500. The van der Waals surface area contributed by atoms with Crippen LogP contribution in [-0.2, 0) is 6.61 Å². The van der Waals surface area contributed by atoms with Crippen LogP contribution < -0.4 is 4.74 Å². The van der Waals surface area contributed by atoms with Gasteiger partial charge in [0.1, 0.15) is 5.82 Å². The molecule has 1 aromatic rings. The number of ether oxygens (including phenoxy) is 1. The topological polar surface area (TPSA) is 42.4 Å². The molecule has 0 spiro atoms. The molecule has 0 aliphatic heterocycles. The van der Waals surface area contributed by atoms with Crippen molar-refractivity contribution in [1.29, 1.82) is 0 Å². The number of rotatable bonds is 4. The lowest BCUT2D eigenvalue weighted by Crippen LogP contribution is -2.12. The Bertz CT molecular complexity index is 304. The SMILES string of the molecule is CCC(C)Oc1ncc(F)cc1CO. The first-order chi connectivity index (χ1) is 6.67. The lowest BCUT2D eigenvalue weighted by atomic mass is 10.2. The summed E-state index contributed by atoms with van der Waals surface area (Å²) in [5.41, 5.74) is 0.380. The minimum atomic E-state index is -0.467. The third kappa shape index (κ3) is 2.67. The number of aliphatic hydroxyl groups excluding tert-OH is 1. The number of hydrogen-bond donors (Lipinski definition) is 1. The molecular formula is C10H14FNO2. The van der Waals surface area contributed by atoms with E-state index in [-0.39, 0.29) is 12.7 Å². The van der Waals surface area contributed by atoms with Crippen LogP contribution in [-0.4, -0.2) is 16.2 Å². The molecule has 0 fully saturated rings. The quantitative estimate of drug-likeness (QED) is 0.805. The fourth-order valence-electron chi connectivity index (χ4n) is 0.962. The van der Waals surface area contributed by atoms with E-state index < -0.39 is 5.82 Å². The van der Waals surface area contributed by atoms with Gasteiger partial charge in [0.2, 0.25) is 5.88 Å². The summed E-state index contributed by atoms with van der Waals surface area (Å²) in [7, 11) is 0. The van der Waals surface area contributed by atoms with Gasteiger partial charge in [0.15, 0.2) is 0 Å². The second kappa shape index (κ2) is 4.91. The Morgan fingerprint density at radius 2 is 2.36 bits per heavy atom. The van der Waals surface area contributed by atoms with Crippen molar-refractivity contribution in [2.24, 2.45) is 0 Å². The highest BCUT2D eigenvalue weighted by molar-refractivity contribution is 5.25. The summed E-state index contributed by atoms with van der Waals surface area (Å²) in [6.07, 6.45) is 1.93. The predicted octanol–water partition coefficient (Wildman–Crippen LogP) is 1.89. The number of aliphatic hydroxyl groups is 1. The molecule has 78 valence electrons. The van der Waals surface area contributed by atoms with E-state index in [4.69, 9.17) is 9.84 Å². The first-order valence-corrected chi connectivity index (χ1v) is 4.59. The van der Waals surface area contributed by atoms with E-state index in [0.29, 0.717) is 11.4 Å². The van der Waals surface area contributed by atoms with Gasteiger partial charge in [-0.1, -0.05) is 6.92 Å². The Balaban J connectivity index is 2.85. The van der Waals surface area contributed by atoms with Crippen LogP contribution in [0.2, 0.25) is 0 Å². The summed E-state index contributed by atoms with van der Waals surface area (Å²) < 4.78 is 18.1. The lowest BCUT2D eigenvalue weighted by Gasteiger charge is -2.13. The van der Waals surface area contributed by atoms with E-state index in [1.807, 2.05) is 13.8 Å². The third-order valence-electron chi connectivity index (χ3n) is 1.95. The Morgan fingerprint density at radius 3 is 2.93 bits per heavy atom. The third-order valence-corrected chi connectivity index (χ3v) is 1.95. The van der Waals surface area contributed by atoms with Gasteiger partial charge in [-0.25, -0.2) is 9.37 Å². The summed E-state index contributed by atoms with van der Waals surface area (Å²) in [6, 6.07) is 1.23. The van der Waals surface area contributed by atoms with Crippen LogP contribution in [0.1, 0.15) is 25.8 Å². The molecule has 14 heavy (non-hydrogen) atoms. The normalized spacial score (nSPS) is 12.6. The van der Waals surface area contributed by atoms with Gasteiger partial charge in [0.05, 0.1) is 18.9 Å². The summed E-state index contributed by atoms with van der Waals surface area (Å²) in [4.78, 5) is 3.78. The van der Waals surface area contributed by atoms with Crippen LogP contribution in [0.4, 0.5) is 4.39 Å². The maximum Gasteiger partial charge on any atom is 0.219 e. The van der Waals surface area contributed by atoms with Crippen molar-refractivity contribution in [2.75, 3.05) is 0 Å². The number of nitrogens with zero attached hydrogens (tertiary/aromatic N) is 1. The van der Waals surface area contributed by atoms with Gasteiger partial charge in [-0.3, -0.25) is 0 Å². The van der Waals surface area contributed by atoms with Crippen molar-refractivity contribution < 1.29 is 14.2 Å².